The Labute approximate surface area is 105 Å². The molecular formula is C12H14N2O2S. The molecule has 0 saturated heterocycles. The van der Waals surface area contributed by atoms with Gasteiger partial charge in [0.1, 0.15) is 5.82 Å². The normalized spacial score (nSPS) is 9.41. The van der Waals surface area contributed by atoms with E-state index in [0.717, 1.165) is 12.3 Å². The van der Waals surface area contributed by atoms with Crippen LogP contribution in [0.15, 0.2) is 18.3 Å². The van der Waals surface area contributed by atoms with Crippen LogP contribution >= 0.6 is 11.8 Å². The topological polar surface area (TPSA) is 51.2 Å². The first-order valence-corrected chi connectivity index (χ1v) is 6.23. The fourth-order valence-electron chi connectivity index (χ4n) is 1.15. The predicted molar refractivity (Wildman–Crippen MR) is 70.2 cm³/mol. The van der Waals surface area contributed by atoms with Gasteiger partial charge in [-0.15, -0.1) is 18.2 Å². The van der Waals surface area contributed by atoms with Crippen LogP contribution in [0.5, 0.6) is 0 Å². The van der Waals surface area contributed by atoms with Gasteiger partial charge >= 0.3 is 5.97 Å². The Morgan fingerprint density at radius 2 is 2.53 bits per heavy atom. The lowest BCUT2D eigenvalue weighted by Crippen LogP contribution is -2.08. The van der Waals surface area contributed by atoms with Gasteiger partial charge in [-0.25, -0.2) is 9.78 Å². The average molecular weight is 250 g/mol. The SMILES string of the molecule is C#CCSCCNc1cc(C(=O)OC)ccn1. The number of rotatable bonds is 6. The molecule has 5 heteroatoms. The molecule has 1 aromatic rings. The highest BCUT2D eigenvalue weighted by molar-refractivity contribution is 7.99. The molecule has 0 atom stereocenters. The number of methoxy groups -OCH3 is 1. The number of aromatic nitrogens is 1. The van der Waals surface area contributed by atoms with Gasteiger partial charge in [-0.1, -0.05) is 5.92 Å². The lowest BCUT2D eigenvalue weighted by molar-refractivity contribution is 0.0600. The zero-order valence-corrected chi connectivity index (χ0v) is 10.4. The van der Waals surface area contributed by atoms with Gasteiger partial charge in [0.2, 0.25) is 0 Å². The summed E-state index contributed by atoms with van der Waals surface area (Å²) in [7, 11) is 1.35. The summed E-state index contributed by atoms with van der Waals surface area (Å²) in [5.41, 5.74) is 0.487. The minimum absolute atomic E-state index is 0.364. The Kier molecular flexibility index (Phi) is 5.97. The van der Waals surface area contributed by atoms with Crippen molar-refractivity contribution in [2.45, 2.75) is 0 Å². The molecular weight excluding hydrogens is 236 g/mol. The molecule has 4 nitrogen and oxygen atoms in total. The highest BCUT2D eigenvalue weighted by Crippen LogP contribution is 2.08. The molecule has 1 aromatic heterocycles. The maximum absolute atomic E-state index is 11.3. The second kappa shape index (κ2) is 7.58. The number of nitrogens with one attached hydrogen (secondary N) is 1. The molecule has 0 bridgehead atoms. The summed E-state index contributed by atoms with van der Waals surface area (Å²) in [4.78, 5) is 15.4. The van der Waals surface area contributed by atoms with E-state index in [2.05, 4.69) is 21.0 Å². The molecule has 90 valence electrons. The number of anilines is 1. The van der Waals surface area contributed by atoms with E-state index >= 15 is 0 Å². The van der Waals surface area contributed by atoms with Crippen molar-refractivity contribution < 1.29 is 9.53 Å². The Bertz CT molecular complexity index is 415. The van der Waals surface area contributed by atoms with E-state index in [4.69, 9.17) is 6.42 Å². The number of carbonyl (C=O) groups excluding carboxylic acids is 1. The molecule has 0 amide bonds. The van der Waals surface area contributed by atoms with E-state index in [9.17, 15) is 4.79 Å². The number of thioether (sulfide) groups is 1. The van der Waals surface area contributed by atoms with E-state index in [1.54, 1.807) is 30.1 Å². The van der Waals surface area contributed by atoms with Gasteiger partial charge in [0.05, 0.1) is 18.4 Å². The number of hydrogen-bond donors (Lipinski definition) is 1. The molecule has 0 aliphatic heterocycles. The molecule has 0 aliphatic rings. The van der Waals surface area contributed by atoms with Gasteiger partial charge in [-0.05, 0) is 12.1 Å². The molecule has 17 heavy (non-hydrogen) atoms. The smallest absolute Gasteiger partial charge is 0.338 e. The second-order valence-electron chi connectivity index (χ2n) is 3.10. The molecule has 0 aromatic carbocycles. The minimum Gasteiger partial charge on any atom is -0.465 e. The largest absolute Gasteiger partial charge is 0.465 e. The first kappa shape index (κ1) is 13.4. The molecule has 1 heterocycles. The molecule has 0 fully saturated rings. The molecule has 0 saturated carbocycles. The highest BCUT2D eigenvalue weighted by atomic mass is 32.2. The van der Waals surface area contributed by atoms with Crippen LogP contribution in [0.1, 0.15) is 10.4 Å². The first-order chi connectivity index (χ1) is 8.27. The summed E-state index contributed by atoms with van der Waals surface area (Å²) < 4.78 is 4.63. The van der Waals surface area contributed by atoms with E-state index < -0.39 is 0 Å². The maximum atomic E-state index is 11.3. The summed E-state index contributed by atoms with van der Waals surface area (Å²) in [5.74, 6) is 4.46. The number of carbonyl (C=O) groups is 1. The lowest BCUT2D eigenvalue weighted by atomic mass is 10.2. The number of pyridine rings is 1. The molecule has 0 radical (unpaired) electrons. The third-order valence-electron chi connectivity index (χ3n) is 1.92. The molecule has 0 unspecified atom stereocenters. The van der Waals surface area contributed by atoms with Crippen LogP contribution < -0.4 is 5.32 Å². The Morgan fingerprint density at radius 3 is 3.24 bits per heavy atom. The van der Waals surface area contributed by atoms with Gasteiger partial charge in [-0.2, -0.15) is 0 Å². The van der Waals surface area contributed by atoms with E-state index in [-0.39, 0.29) is 5.97 Å². The summed E-state index contributed by atoms with van der Waals surface area (Å²) in [5, 5.41) is 3.11. The minimum atomic E-state index is -0.364. The lowest BCUT2D eigenvalue weighted by Gasteiger charge is -2.05. The fourth-order valence-corrected chi connectivity index (χ4v) is 1.66. The Hall–Kier alpha value is -1.67. The number of esters is 1. The summed E-state index contributed by atoms with van der Waals surface area (Å²) in [6.07, 6.45) is 6.71. The fraction of sp³-hybridized carbons (Fsp3) is 0.333. The summed E-state index contributed by atoms with van der Waals surface area (Å²) in [6.45, 7) is 0.754. The Balaban J connectivity index is 2.44. The third-order valence-corrected chi connectivity index (χ3v) is 2.78. The van der Waals surface area contributed by atoms with Crippen LogP contribution in [0.2, 0.25) is 0 Å². The van der Waals surface area contributed by atoms with Crippen LogP contribution in [-0.2, 0) is 4.74 Å². The van der Waals surface area contributed by atoms with Crippen LogP contribution in [0.25, 0.3) is 0 Å². The second-order valence-corrected chi connectivity index (χ2v) is 4.21. The molecule has 0 aliphatic carbocycles. The third kappa shape index (κ3) is 4.79. The van der Waals surface area contributed by atoms with Crippen LogP contribution in [0, 0.1) is 12.3 Å². The van der Waals surface area contributed by atoms with Crippen molar-refractivity contribution in [2.75, 3.05) is 30.5 Å². The van der Waals surface area contributed by atoms with Gasteiger partial charge in [0.15, 0.2) is 0 Å². The van der Waals surface area contributed by atoms with Crippen molar-refractivity contribution in [1.82, 2.24) is 4.98 Å². The van der Waals surface area contributed by atoms with Crippen molar-refractivity contribution in [1.29, 1.82) is 0 Å². The van der Waals surface area contributed by atoms with Crippen molar-refractivity contribution in [3.05, 3.63) is 23.9 Å². The number of terminal acetylenes is 1. The predicted octanol–water partition coefficient (Wildman–Crippen LogP) is 1.65. The van der Waals surface area contributed by atoms with E-state index in [1.165, 1.54) is 7.11 Å². The number of ether oxygens (including phenoxy) is 1. The standard InChI is InChI=1S/C12H14N2O2S/c1-3-7-17-8-6-14-11-9-10(4-5-13-11)12(15)16-2/h1,4-5,9H,6-8H2,2H3,(H,13,14). The summed E-state index contributed by atoms with van der Waals surface area (Å²) >= 11 is 1.67. The number of hydrogen-bond acceptors (Lipinski definition) is 5. The molecule has 1 N–H and O–H groups in total. The maximum Gasteiger partial charge on any atom is 0.338 e. The van der Waals surface area contributed by atoms with Crippen LogP contribution in [-0.4, -0.2) is 36.1 Å². The van der Waals surface area contributed by atoms with Gasteiger partial charge < -0.3 is 10.1 Å². The number of nitrogens with zero attached hydrogens (tertiary/aromatic N) is 1. The van der Waals surface area contributed by atoms with Crippen molar-refractivity contribution >= 4 is 23.5 Å². The van der Waals surface area contributed by atoms with Crippen LogP contribution in [0.4, 0.5) is 5.82 Å². The van der Waals surface area contributed by atoms with E-state index in [0.29, 0.717) is 17.1 Å². The van der Waals surface area contributed by atoms with E-state index in [1.807, 2.05) is 0 Å². The monoisotopic (exact) mass is 250 g/mol. The zero-order valence-electron chi connectivity index (χ0n) is 9.60. The van der Waals surface area contributed by atoms with Crippen LogP contribution in [0.3, 0.4) is 0 Å². The van der Waals surface area contributed by atoms with Crippen molar-refractivity contribution in [2.24, 2.45) is 0 Å². The van der Waals surface area contributed by atoms with Gasteiger partial charge in [0.25, 0.3) is 0 Å². The molecule has 0 spiro atoms. The first-order valence-electron chi connectivity index (χ1n) is 5.07. The van der Waals surface area contributed by atoms with Crippen molar-refractivity contribution in [3.8, 4) is 12.3 Å². The summed E-state index contributed by atoms with van der Waals surface area (Å²) in [6, 6.07) is 3.28. The zero-order chi connectivity index (χ0) is 12.5. The molecule has 1 rings (SSSR count). The van der Waals surface area contributed by atoms with Gasteiger partial charge in [-0.3, -0.25) is 0 Å². The van der Waals surface area contributed by atoms with Gasteiger partial charge in [0, 0.05) is 18.5 Å². The average Bonchev–Trinajstić information content (AvgIpc) is 2.38. The quantitative estimate of drug-likeness (QED) is 0.472. The highest BCUT2D eigenvalue weighted by Gasteiger charge is 2.05. The Morgan fingerprint density at radius 1 is 1.71 bits per heavy atom. The van der Waals surface area contributed by atoms with Crippen molar-refractivity contribution in [3.63, 3.8) is 0 Å².